The first-order valence-corrected chi connectivity index (χ1v) is 12.2. The van der Waals surface area contributed by atoms with Crippen molar-refractivity contribution in [2.24, 2.45) is 0 Å². The van der Waals surface area contributed by atoms with E-state index in [1.54, 1.807) is 25.3 Å². The third kappa shape index (κ3) is 5.46. The second-order valence-electron chi connectivity index (χ2n) is 8.23. The van der Waals surface area contributed by atoms with Gasteiger partial charge in [-0.1, -0.05) is 23.8 Å². The molecule has 0 spiro atoms. The molecule has 7 heteroatoms. The minimum Gasteiger partial charge on any atom is -0.496 e. The van der Waals surface area contributed by atoms with Gasteiger partial charge in [-0.05, 0) is 74.9 Å². The van der Waals surface area contributed by atoms with Crippen molar-refractivity contribution in [1.29, 1.82) is 0 Å². The van der Waals surface area contributed by atoms with Gasteiger partial charge in [0.15, 0.2) is 0 Å². The minimum atomic E-state index is -3.51. The van der Waals surface area contributed by atoms with Crippen LogP contribution in [-0.2, 0) is 21.2 Å². The van der Waals surface area contributed by atoms with Crippen molar-refractivity contribution in [3.8, 4) is 5.75 Å². The van der Waals surface area contributed by atoms with Crippen LogP contribution in [0.4, 0.5) is 0 Å². The number of nitrogens with zero attached hydrogens (tertiary/aromatic N) is 1. The molecular formula is C24H32N2O4S. The molecule has 0 aromatic heterocycles. The average Bonchev–Trinajstić information content (AvgIpc) is 3.27. The van der Waals surface area contributed by atoms with E-state index in [1.165, 1.54) is 9.87 Å². The standard InChI is InChI=1S/C24H32N2O4S/c1-17-7-10-22(18(2)15-17)19(3)25-24(27)12-8-20-16-21(9-11-23(20)30-4)31(28,29)26-13-5-6-14-26/h7,9-11,15-16,19H,5-6,8,12-14H2,1-4H3,(H,25,27). The van der Waals surface area contributed by atoms with Crippen molar-refractivity contribution < 1.29 is 17.9 Å². The van der Waals surface area contributed by atoms with Crippen LogP contribution in [0, 0.1) is 13.8 Å². The van der Waals surface area contributed by atoms with Gasteiger partial charge in [0.25, 0.3) is 0 Å². The molecule has 31 heavy (non-hydrogen) atoms. The minimum absolute atomic E-state index is 0.0812. The Hall–Kier alpha value is -2.38. The molecule has 1 heterocycles. The molecule has 1 unspecified atom stereocenters. The van der Waals surface area contributed by atoms with Crippen molar-refractivity contribution in [2.45, 2.75) is 57.4 Å². The van der Waals surface area contributed by atoms with Crippen LogP contribution in [0.3, 0.4) is 0 Å². The van der Waals surface area contributed by atoms with E-state index in [9.17, 15) is 13.2 Å². The lowest BCUT2D eigenvalue weighted by molar-refractivity contribution is -0.121. The molecule has 0 saturated carbocycles. The van der Waals surface area contributed by atoms with Crippen molar-refractivity contribution in [3.63, 3.8) is 0 Å². The molecule has 1 aliphatic rings. The molecular weight excluding hydrogens is 412 g/mol. The summed E-state index contributed by atoms with van der Waals surface area (Å²) in [5.74, 6) is 0.512. The van der Waals surface area contributed by atoms with E-state index >= 15 is 0 Å². The van der Waals surface area contributed by atoms with Gasteiger partial charge < -0.3 is 10.1 Å². The molecule has 1 N–H and O–H groups in total. The predicted molar refractivity (Wildman–Crippen MR) is 122 cm³/mol. The van der Waals surface area contributed by atoms with E-state index in [2.05, 4.69) is 11.4 Å². The second kappa shape index (κ2) is 9.83. The number of carbonyl (C=O) groups is 1. The van der Waals surface area contributed by atoms with Gasteiger partial charge in [-0.25, -0.2) is 8.42 Å². The van der Waals surface area contributed by atoms with E-state index in [1.807, 2.05) is 32.9 Å². The smallest absolute Gasteiger partial charge is 0.243 e. The molecule has 168 valence electrons. The highest BCUT2D eigenvalue weighted by molar-refractivity contribution is 7.89. The number of aryl methyl sites for hydroxylation is 3. The van der Waals surface area contributed by atoms with Crippen LogP contribution < -0.4 is 10.1 Å². The van der Waals surface area contributed by atoms with Crippen molar-refractivity contribution in [1.82, 2.24) is 9.62 Å². The quantitative estimate of drug-likeness (QED) is 0.670. The van der Waals surface area contributed by atoms with Crippen molar-refractivity contribution >= 4 is 15.9 Å². The Balaban J connectivity index is 1.69. The first-order valence-electron chi connectivity index (χ1n) is 10.8. The lowest BCUT2D eigenvalue weighted by atomic mass is 10.00. The Labute approximate surface area is 185 Å². The van der Waals surface area contributed by atoms with E-state index in [4.69, 9.17) is 4.74 Å². The van der Waals surface area contributed by atoms with Crippen LogP contribution in [0.15, 0.2) is 41.3 Å². The van der Waals surface area contributed by atoms with E-state index < -0.39 is 10.0 Å². The van der Waals surface area contributed by atoms with Crippen LogP contribution in [0.1, 0.15) is 54.5 Å². The molecule has 2 aromatic carbocycles. The first-order chi connectivity index (χ1) is 14.7. The molecule has 6 nitrogen and oxygen atoms in total. The molecule has 1 saturated heterocycles. The fourth-order valence-corrected chi connectivity index (χ4v) is 5.71. The van der Waals surface area contributed by atoms with Crippen LogP contribution in [0.5, 0.6) is 5.75 Å². The van der Waals surface area contributed by atoms with Crippen molar-refractivity contribution in [3.05, 3.63) is 58.7 Å². The molecule has 0 bridgehead atoms. The second-order valence-corrected chi connectivity index (χ2v) is 10.2. The Bertz CT molecular complexity index is 1040. The monoisotopic (exact) mass is 444 g/mol. The summed E-state index contributed by atoms with van der Waals surface area (Å²) in [4.78, 5) is 12.8. The highest BCUT2D eigenvalue weighted by atomic mass is 32.2. The molecule has 1 amide bonds. The molecule has 1 atom stereocenters. The Morgan fingerprint density at radius 3 is 2.48 bits per heavy atom. The van der Waals surface area contributed by atoms with Crippen LogP contribution in [0.25, 0.3) is 0 Å². The number of sulfonamides is 1. The summed E-state index contributed by atoms with van der Waals surface area (Å²) in [6.45, 7) is 7.18. The molecule has 1 fully saturated rings. The molecule has 1 aliphatic heterocycles. The predicted octanol–water partition coefficient (Wildman–Crippen LogP) is 3.91. The maximum atomic E-state index is 12.9. The van der Waals surface area contributed by atoms with Gasteiger partial charge in [0, 0.05) is 19.5 Å². The fraction of sp³-hybridized carbons (Fsp3) is 0.458. The fourth-order valence-electron chi connectivity index (χ4n) is 4.14. The number of hydrogen-bond acceptors (Lipinski definition) is 4. The first kappa shape index (κ1) is 23.3. The number of methoxy groups -OCH3 is 1. The molecule has 3 rings (SSSR count). The van der Waals surface area contributed by atoms with E-state index in [-0.39, 0.29) is 23.3 Å². The normalized spacial score (nSPS) is 15.6. The number of benzene rings is 2. The molecule has 0 radical (unpaired) electrons. The number of amides is 1. The Morgan fingerprint density at radius 2 is 1.84 bits per heavy atom. The lowest BCUT2D eigenvalue weighted by Crippen LogP contribution is -2.28. The third-order valence-electron chi connectivity index (χ3n) is 5.85. The maximum Gasteiger partial charge on any atom is 0.243 e. The summed E-state index contributed by atoms with van der Waals surface area (Å²) < 4.78 is 32.7. The van der Waals surface area contributed by atoms with Gasteiger partial charge >= 0.3 is 0 Å². The maximum absolute atomic E-state index is 12.9. The summed E-state index contributed by atoms with van der Waals surface area (Å²) in [7, 11) is -1.96. The number of carbonyl (C=O) groups excluding carboxylic acids is 1. The summed E-state index contributed by atoms with van der Waals surface area (Å²) in [5, 5.41) is 3.05. The number of nitrogens with one attached hydrogen (secondary N) is 1. The highest BCUT2D eigenvalue weighted by Gasteiger charge is 2.27. The van der Waals surface area contributed by atoms with Crippen molar-refractivity contribution in [2.75, 3.05) is 20.2 Å². The van der Waals surface area contributed by atoms with Gasteiger partial charge in [-0.3, -0.25) is 4.79 Å². The van der Waals surface area contributed by atoms with E-state index in [0.717, 1.165) is 29.5 Å². The summed E-state index contributed by atoms with van der Waals surface area (Å²) >= 11 is 0. The van der Waals surface area contributed by atoms with Crippen LogP contribution >= 0.6 is 0 Å². The number of rotatable bonds is 8. The average molecular weight is 445 g/mol. The third-order valence-corrected chi connectivity index (χ3v) is 7.74. The molecule has 2 aromatic rings. The van der Waals surface area contributed by atoms with Gasteiger partial charge in [-0.15, -0.1) is 0 Å². The zero-order chi connectivity index (χ0) is 22.6. The lowest BCUT2D eigenvalue weighted by Gasteiger charge is -2.18. The Kier molecular flexibility index (Phi) is 7.38. The zero-order valence-corrected chi connectivity index (χ0v) is 19.6. The highest BCUT2D eigenvalue weighted by Crippen LogP contribution is 2.27. The Morgan fingerprint density at radius 1 is 1.13 bits per heavy atom. The zero-order valence-electron chi connectivity index (χ0n) is 18.8. The van der Waals surface area contributed by atoms with Gasteiger partial charge in [0.2, 0.25) is 15.9 Å². The van der Waals surface area contributed by atoms with E-state index in [0.29, 0.717) is 25.3 Å². The summed E-state index contributed by atoms with van der Waals surface area (Å²) in [6, 6.07) is 11.0. The van der Waals surface area contributed by atoms with Crippen LogP contribution in [0.2, 0.25) is 0 Å². The largest absolute Gasteiger partial charge is 0.496 e. The number of hydrogen-bond donors (Lipinski definition) is 1. The SMILES string of the molecule is COc1ccc(S(=O)(=O)N2CCCC2)cc1CCC(=O)NC(C)c1ccc(C)cc1C. The number of ether oxygens (including phenoxy) is 1. The molecule has 0 aliphatic carbocycles. The summed E-state index contributed by atoms with van der Waals surface area (Å²) in [6.07, 6.45) is 2.43. The van der Waals surface area contributed by atoms with Crippen LogP contribution in [-0.4, -0.2) is 38.8 Å². The van der Waals surface area contributed by atoms with Gasteiger partial charge in [-0.2, -0.15) is 4.31 Å². The van der Waals surface area contributed by atoms with Gasteiger partial charge in [0.1, 0.15) is 5.75 Å². The van der Waals surface area contributed by atoms with Gasteiger partial charge in [0.05, 0.1) is 18.0 Å². The summed E-state index contributed by atoms with van der Waals surface area (Å²) in [5.41, 5.74) is 4.15. The topological polar surface area (TPSA) is 75.7 Å².